The minimum absolute atomic E-state index is 0.482. The van der Waals surface area contributed by atoms with Crippen LogP contribution < -0.4 is 5.32 Å². The van der Waals surface area contributed by atoms with Crippen LogP contribution in [0.5, 0.6) is 0 Å². The van der Waals surface area contributed by atoms with Crippen LogP contribution in [0.4, 0.5) is 0 Å². The van der Waals surface area contributed by atoms with Crippen molar-refractivity contribution in [2.45, 2.75) is 38.4 Å². The van der Waals surface area contributed by atoms with E-state index in [-0.39, 0.29) is 0 Å². The van der Waals surface area contributed by atoms with Crippen molar-refractivity contribution in [2.24, 2.45) is 0 Å². The second-order valence-corrected chi connectivity index (χ2v) is 6.90. The second-order valence-electron chi connectivity index (χ2n) is 6.12. The van der Waals surface area contributed by atoms with Crippen LogP contribution in [-0.2, 0) is 6.42 Å². The highest BCUT2D eigenvalue weighted by molar-refractivity contribution is 7.07. The Morgan fingerprint density at radius 3 is 2.81 bits per heavy atom. The Bertz CT molecular complexity index is 538. The molecule has 3 heteroatoms. The molecular weight excluding hydrogens is 276 g/mol. The summed E-state index contributed by atoms with van der Waals surface area (Å²) in [7, 11) is 0. The van der Waals surface area contributed by atoms with Gasteiger partial charge in [0.1, 0.15) is 0 Å². The van der Waals surface area contributed by atoms with Crippen LogP contribution in [0.25, 0.3) is 0 Å². The quantitative estimate of drug-likeness (QED) is 0.926. The third-order valence-corrected chi connectivity index (χ3v) is 5.14. The van der Waals surface area contributed by atoms with E-state index in [2.05, 4.69) is 71.2 Å². The minimum Gasteiger partial charge on any atom is -0.311 e. The summed E-state index contributed by atoms with van der Waals surface area (Å²) in [6, 6.07) is 14.8. The predicted molar refractivity (Wildman–Crippen MR) is 90.8 cm³/mol. The minimum atomic E-state index is 0.482. The van der Waals surface area contributed by atoms with Gasteiger partial charge in [0.15, 0.2) is 0 Å². The van der Waals surface area contributed by atoms with Crippen LogP contribution in [0.2, 0.25) is 0 Å². The zero-order chi connectivity index (χ0) is 14.7. The fourth-order valence-electron chi connectivity index (χ4n) is 3.28. The SMILES string of the molecule is CC1CN(C(C)Cc2ccsc2)C(c2ccccc2)CN1. The van der Waals surface area contributed by atoms with Crippen molar-refractivity contribution < 1.29 is 0 Å². The Morgan fingerprint density at radius 2 is 2.10 bits per heavy atom. The Labute approximate surface area is 131 Å². The van der Waals surface area contributed by atoms with Crippen molar-refractivity contribution in [2.75, 3.05) is 13.1 Å². The fourth-order valence-corrected chi connectivity index (χ4v) is 3.96. The molecule has 112 valence electrons. The monoisotopic (exact) mass is 300 g/mol. The average Bonchev–Trinajstić information content (AvgIpc) is 3.01. The van der Waals surface area contributed by atoms with Gasteiger partial charge < -0.3 is 5.32 Å². The van der Waals surface area contributed by atoms with Crippen molar-refractivity contribution in [1.82, 2.24) is 10.2 Å². The first-order valence-electron chi connectivity index (χ1n) is 7.79. The number of hydrogen-bond acceptors (Lipinski definition) is 3. The number of hydrogen-bond donors (Lipinski definition) is 1. The predicted octanol–water partition coefficient (Wildman–Crippen LogP) is 3.71. The van der Waals surface area contributed by atoms with E-state index in [9.17, 15) is 0 Å². The molecule has 21 heavy (non-hydrogen) atoms. The number of benzene rings is 1. The molecule has 0 aliphatic carbocycles. The van der Waals surface area contributed by atoms with Gasteiger partial charge in [-0.3, -0.25) is 4.90 Å². The van der Waals surface area contributed by atoms with Crippen LogP contribution >= 0.6 is 11.3 Å². The van der Waals surface area contributed by atoms with Crippen molar-refractivity contribution in [3.05, 3.63) is 58.3 Å². The summed E-state index contributed by atoms with van der Waals surface area (Å²) in [5.41, 5.74) is 2.89. The summed E-state index contributed by atoms with van der Waals surface area (Å²) in [6.45, 7) is 6.81. The molecule has 0 saturated carbocycles. The summed E-state index contributed by atoms with van der Waals surface area (Å²) in [4.78, 5) is 2.67. The molecule has 0 spiro atoms. The van der Waals surface area contributed by atoms with Gasteiger partial charge in [0.25, 0.3) is 0 Å². The molecule has 1 N–H and O–H groups in total. The lowest BCUT2D eigenvalue weighted by Crippen LogP contribution is -2.54. The van der Waals surface area contributed by atoms with Crippen molar-refractivity contribution in [3.63, 3.8) is 0 Å². The van der Waals surface area contributed by atoms with E-state index in [1.54, 1.807) is 11.3 Å². The summed E-state index contributed by atoms with van der Waals surface area (Å²) < 4.78 is 0. The molecule has 1 aromatic heterocycles. The summed E-state index contributed by atoms with van der Waals surface area (Å²) in [5.74, 6) is 0. The molecule has 0 amide bonds. The number of nitrogens with one attached hydrogen (secondary N) is 1. The first-order chi connectivity index (χ1) is 10.2. The number of rotatable bonds is 4. The molecule has 3 unspecified atom stereocenters. The van der Waals surface area contributed by atoms with Crippen molar-refractivity contribution in [3.8, 4) is 0 Å². The lowest BCUT2D eigenvalue weighted by molar-refractivity contribution is 0.0929. The number of nitrogens with zero attached hydrogens (tertiary/aromatic N) is 1. The maximum atomic E-state index is 3.63. The molecular formula is C18H24N2S. The van der Waals surface area contributed by atoms with Gasteiger partial charge >= 0.3 is 0 Å². The number of piperazine rings is 1. The maximum Gasteiger partial charge on any atom is 0.0476 e. The molecule has 0 bridgehead atoms. The molecule has 1 saturated heterocycles. The van der Waals surface area contributed by atoms with Gasteiger partial charge in [-0.15, -0.1) is 0 Å². The standard InChI is InChI=1S/C18H24N2S/c1-14-12-20(15(2)10-16-8-9-21-13-16)18(11-19-14)17-6-4-3-5-7-17/h3-9,13-15,18-19H,10-12H2,1-2H3. The molecule has 1 fully saturated rings. The topological polar surface area (TPSA) is 15.3 Å². The third-order valence-electron chi connectivity index (χ3n) is 4.41. The van der Waals surface area contributed by atoms with E-state index < -0.39 is 0 Å². The highest BCUT2D eigenvalue weighted by Gasteiger charge is 2.30. The first kappa shape index (κ1) is 14.8. The lowest BCUT2D eigenvalue weighted by Gasteiger charge is -2.43. The van der Waals surface area contributed by atoms with Crippen LogP contribution in [-0.4, -0.2) is 30.1 Å². The van der Waals surface area contributed by atoms with Crippen LogP contribution in [0.15, 0.2) is 47.2 Å². The molecule has 1 aromatic carbocycles. The van der Waals surface area contributed by atoms with E-state index >= 15 is 0 Å². The molecule has 2 nitrogen and oxygen atoms in total. The highest BCUT2D eigenvalue weighted by atomic mass is 32.1. The van der Waals surface area contributed by atoms with Crippen LogP contribution in [0.3, 0.4) is 0 Å². The van der Waals surface area contributed by atoms with Crippen LogP contribution in [0, 0.1) is 0 Å². The van der Waals surface area contributed by atoms with Gasteiger partial charge in [-0.2, -0.15) is 11.3 Å². The lowest BCUT2D eigenvalue weighted by atomic mass is 9.97. The Morgan fingerprint density at radius 1 is 1.29 bits per heavy atom. The fraction of sp³-hybridized carbons (Fsp3) is 0.444. The maximum absolute atomic E-state index is 3.63. The van der Waals surface area contributed by atoms with Gasteiger partial charge in [-0.25, -0.2) is 0 Å². The van der Waals surface area contributed by atoms with Crippen LogP contribution in [0.1, 0.15) is 31.0 Å². The zero-order valence-corrected chi connectivity index (χ0v) is 13.6. The molecule has 2 aromatic rings. The first-order valence-corrected chi connectivity index (χ1v) is 8.73. The molecule has 1 aliphatic rings. The Balaban J connectivity index is 1.78. The van der Waals surface area contributed by atoms with E-state index in [4.69, 9.17) is 0 Å². The largest absolute Gasteiger partial charge is 0.311 e. The van der Waals surface area contributed by atoms with E-state index in [1.807, 2.05) is 0 Å². The molecule has 0 radical (unpaired) electrons. The van der Waals surface area contributed by atoms with Crippen molar-refractivity contribution in [1.29, 1.82) is 0 Å². The zero-order valence-electron chi connectivity index (χ0n) is 12.8. The smallest absolute Gasteiger partial charge is 0.0476 e. The molecule has 1 aliphatic heterocycles. The molecule has 3 rings (SSSR count). The van der Waals surface area contributed by atoms with Gasteiger partial charge in [0, 0.05) is 31.2 Å². The van der Waals surface area contributed by atoms with Gasteiger partial charge in [-0.05, 0) is 48.2 Å². The Hall–Kier alpha value is -1.16. The van der Waals surface area contributed by atoms with E-state index in [0.29, 0.717) is 18.1 Å². The highest BCUT2D eigenvalue weighted by Crippen LogP contribution is 2.27. The van der Waals surface area contributed by atoms with E-state index in [1.165, 1.54) is 11.1 Å². The second kappa shape index (κ2) is 6.73. The summed E-state index contributed by atoms with van der Waals surface area (Å²) >= 11 is 1.80. The third kappa shape index (κ3) is 3.54. The van der Waals surface area contributed by atoms with Gasteiger partial charge in [0.2, 0.25) is 0 Å². The Kier molecular flexibility index (Phi) is 4.73. The van der Waals surface area contributed by atoms with Gasteiger partial charge in [0.05, 0.1) is 0 Å². The average molecular weight is 300 g/mol. The van der Waals surface area contributed by atoms with Crippen molar-refractivity contribution >= 4 is 11.3 Å². The molecule has 2 heterocycles. The number of thiophene rings is 1. The molecule has 3 atom stereocenters. The normalized spacial score (nSPS) is 24.9. The van der Waals surface area contributed by atoms with E-state index in [0.717, 1.165) is 19.5 Å². The van der Waals surface area contributed by atoms with Gasteiger partial charge in [-0.1, -0.05) is 30.3 Å². The summed E-state index contributed by atoms with van der Waals surface area (Å²) in [6.07, 6.45) is 1.14. The summed E-state index contributed by atoms with van der Waals surface area (Å²) in [5, 5.41) is 8.09.